The van der Waals surface area contributed by atoms with Gasteiger partial charge in [0.2, 0.25) is 0 Å². The van der Waals surface area contributed by atoms with E-state index < -0.39 is 0 Å². The van der Waals surface area contributed by atoms with Crippen LogP contribution in [0, 0.1) is 0 Å². The summed E-state index contributed by atoms with van der Waals surface area (Å²) in [5, 5.41) is 0.537. The van der Waals surface area contributed by atoms with Gasteiger partial charge in [-0.25, -0.2) is 4.98 Å². The van der Waals surface area contributed by atoms with Crippen LogP contribution >= 0.6 is 11.6 Å². The van der Waals surface area contributed by atoms with E-state index in [1.807, 2.05) is 6.07 Å². The molecule has 114 valence electrons. The summed E-state index contributed by atoms with van der Waals surface area (Å²) in [5.41, 5.74) is 3.10. The Hall–Kier alpha value is -0.680. The van der Waals surface area contributed by atoms with E-state index in [-0.39, 0.29) is 11.7 Å². The van der Waals surface area contributed by atoms with Crippen molar-refractivity contribution < 1.29 is 14.2 Å². The Morgan fingerprint density at radius 3 is 2.95 bits per heavy atom. The molecule has 3 aliphatic rings. The van der Waals surface area contributed by atoms with Crippen LogP contribution in [0.3, 0.4) is 0 Å². The normalized spacial score (nSPS) is 32.3. The van der Waals surface area contributed by atoms with Crippen LogP contribution in [0.2, 0.25) is 5.15 Å². The summed E-state index contributed by atoms with van der Waals surface area (Å²) in [6.45, 7) is 2.87. The van der Waals surface area contributed by atoms with Crippen molar-refractivity contribution in [2.75, 3.05) is 26.4 Å². The van der Waals surface area contributed by atoms with Gasteiger partial charge in [0.25, 0.3) is 0 Å². The van der Waals surface area contributed by atoms with Gasteiger partial charge in [-0.1, -0.05) is 11.6 Å². The molecule has 0 aromatic carbocycles. The van der Waals surface area contributed by atoms with Crippen molar-refractivity contribution in [1.29, 1.82) is 0 Å². The molecule has 1 aromatic rings. The summed E-state index contributed by atoms with van der Waals surface area (Å²) in [6, 6.07) is 1.99. The molecule has 2 saturated heterocycles. The Morgan fingerprint density at radius 1 is 1.24 bits per heavy atom. The summed E-state index contributed by atoms with van der Waals surface area (Å²) in [4.78, 5) is 4.61. The Morgan fingerprint density at radius 2 is 2.19 bits per heavy atom. The summed E-state index contributed by atoms with van der Waals surface area (Å²) >= 11 is 6.30. The molecule has 2 fully saturated rings. The molecule has 21 heavy (non-hydrogen) atoms. The highest BCUT2D eigenvalue weighted by molar-refractivity contribution is 6.29. The zero-order valence-corrected chi connectivity index (χ0v) is 12.8. The number of rotatable bonds is 1. The van der Waals surface area contributed by atoms with E-state index >= 15 is 0 Å². The number of hydrogen-bond donors (Lipinski definition) is 0. The van der Waals surface area contributed by atoms with Crippen LogP contribution in [0.15, 0.2) is 6.07 Å². The molecule has 5 heteroatoms. The molecule has 4 rings (SSSR count). The first-order valence-electron chi connectivity index (χ1n) is 7.82. The largest absolute Gasteiger partial charge is 0.378 e. The zero-order valence-electron chi connectivity index (χ0n) is 12.1. The van der Waals surface area contributed by atoms with E-state index in [4.69, 9.17) is 25.8 Å². The summed E-state index contributed by atoms with van der Waals surface area (Å²) in [6.07, 6.45) is 5.33. The smallest absolute Gasteiger partial charge is 0.136 e. The maximum atomic E-state index is 6.30. The second kappa shape index (κ2) is 5.51. The summed E-state index contributed by atoms with van der Waals surface area (Å²) < 4.78 is 17.6. The number of ether oxygens (including phenoxy) is 3. The molecule has 3 aliphatic heterocycles. The van der Waals surface area contributed by atoms with Crippen LogP contribution in [-0.4, -0.2) is 31.4 Å². The van der Waals surface area contributed by atoms with Crippen LogP contribution in [0.4, 0.5) is 0 Å². The third-order valence-corrected chi connectivity index (χ3v) is 5.00. The highest BCUT2D eigenvalue weighted by Gasteiger charge is 2.44. The van der Waals surface area contributed by atoms with Gasteiger partial charge in [-0.2, -0.15) is 0 Å². The fraction of sp³-hybridized carbons (Fsp3) is 0.688. The molecule has 0 radical (unpaired) electrons. The standard InChI is InChI=1S/C16H20ClNO3/c17-14-9-12(13-3-1-2-6-20-13)11-4-7-21-16(15(11)18-14)5-8-19-10-16/h9,13H,1-8,10H2. The molecular formula is C16H20ClNO3. The lowest BCUT2D eigenvalue weighted by molar-refractivity contribution is -0.0676. The number of hydrogen-bond acceptors (Lipinski definition) is 4. The van der Waals surface area contributed by atoms with E-state index in [0.717, 1.165) is 51.2 Å². The minimum absolute atomic E-state index is 0.158. The molecule has 0 bridgehead atoms. The lowest BCUT2D eigenvalue weighted by Gasteiger charge is -2.36. The maximum absolute atomic E-state index is 6.30. The molecule has 2 unspecified atom stereocenters. The third kappa shape index (κ3) is 2.38. The minimum Gasteiger partial charge on any atom is -0.378 e. The lowest BCUT2D eigenvalue weighted by atomic mass is 9.85. The molecule has 0 saturated carbocycles. The van der Waals surface area contributed by atoms with Crippen LogP contribution in [0.1, 0.15) is 48.6 Å². The van der Waals surface area contributed by atoms with Crippen LogP contribution in [-0.2, 0) is 26.2 Å². The Kier molecular flexibility index (Phi) is 3.66. The quantitative estimate of drug-likeness (QED) is 0.747. The monoisotopic (exact) mass is 309 g/mol. The van der Waals surface area contributed by atoms with E-state index in [1.165, 1.54) is 17.5 Å². The van der Waals surface area contributed by atoms with Crippen molar-refractivity contribution in [3.8, 4) is 0 Å². The molecule has 1 aromatic heterocycles. The van der Waals surface area contributed by atoms with Gasteiger partial charge in [-0.15, -0.1) is 0 Å². The fourth-order valence-electron chi connectivity index (χ4n) is 3.74. The second-order valence-electron chi connectivity index (χ2n) is 6.11. The van der Waals surface area contributed by atoms with Crippen molar-refractivity contribution in [3.63, 3.8) is 0 Å². The molecule has 2 atom stereocenters. The number of fused-ring (bicyclic) bond motifs is 2. The van der Waals surface area contributed by atoms with Gasteiger partial charge in [0.05, 0.1) is 25.0 Å². The van der Waals surface area contributed by atoms with E-state index in [9.17, 15) is 0 Å². The molecule has 4 heterocycles. The Labute approximate surface area is 129 Å². The van der Waals surface area contributed by atoms with Gasteiger partial charge in [0.1, 0.15) is 10.8 Å². The first-order chi connectivity index (χ1) is 10.3. The predicted octanol–water partition coefficient (Wildman–Crippen LogP) is 3.16. The average Bonchev–Trinajstić information content (AvgIpc) is 2.98. The highest BCUT2D eigenvalue weighted by atomic mass is 35.5. The predicted molar refractivity (Wildman–Crippen MR) is 78.6 cm³/mol. The minimum atomic E-state index is -0.387. The SMILES string of the molecule is Clc1cc(C2CCCCO2)c2c(n1)C1(CCOC1)OCC2. The summed E-state index contributed by atoms with van der Waals surface area (Å²) in [5.74, 6) is 0. The van der Waals surface area contributed by atoms with Crippen molar-refractivity contribution in [3.05, 3.63) is 28.0 Å². The van der Waals surface area contributed by atoms with Crippen molar-refractivity contribution in [1.82, 2.24) is 4.98 Å². The Bertz CT molecular complexity index is 537. The number of pyridine rings is 1. The van der Waals surface area contributed by atoms with Crippen molar-refractivity contribution in [2.24, 2.45) is 0 Å². The van der Waals surface area contributed by atoms with Gasteiger partial charge in [-0.05, 0) is 42.9 Å². The topological polar surface area (TPSA) is 40.6 Å². The lowest BCUT2D eigenvalue weighted by Crippen LogP contribution is -2.38. The van der Waals surface area contributed by atoms with Crippen molar-refractivity contribution >= 4 is 11.6 Å². The van der Waals surface area contributed by atoms with E-state index in [0.29, 0.717) is 11.8 Å². The first-order valence-corrected chi connectivity index (χ1v) is 8.19. The van der Waals surface area contributed by atoms with Crippen LogP contribution in [0.25, 0.3) is 0 Å². The second-order valence-corrected chi connectivity index (χ2v) is 6.50. The van der Waals surface area contributed by atoms with E-state index in [2.05, 4.69) is 4.98 Å². The fourth-order valence-corrected chi connectivity index (χ4v) is 3.94. The van der Waals surface area contributed by atoms with Crippen LogP contribution < -0.4 is 0 Å². The molecule has 0 aliphatic carbocycles. The third-order valence-electron chi connectivity index (χ3n) is 4.80. The molecule has 0 N–H and O–H groups in total. The number of nitrogens with zero attached hydrogens (tertiary/aromatic N) is 1. The van der Waals surface area contributed by atoms with Gasteiger partial charge < -0.3 is 14.2 Å². The molecule has 1 spiro atoms. The molecule has 0 amide bonds. The molecular weight excluding hydrogens is 290 g/mol. The van der Waals surface area contributed by atoms with Gasteiger partial charge in [0.15, 0.2) is 0 Å². The zero-order chi connectivity index (χ0) is 14.3. The Balaban J connectivity index is 1.80. The van der Waals surface area contributed by atoms with Crippen LogP contribution in [0.5, 0.6) is 0 Å². The van der Waals surface area contributed by atoms with Gasteiger partial charge in [0, 0.05) is 19.6 Å². The maximum Gasteiger partial charge on any atom is 0.136 e. The first kappa shape index (κ1) is 13.9. The average molecular weight is 310 g/mol. The number of halogens is 1. The van der Waals surface area contributed by atoms with Gasteiger partial charge in [-0.3, -0.25) is 0 Å². The number of aromatic nitrogens is 1. The van der Waals surface area contributed by atoms with Crippen molar-refractivity contribution in [2.45, 2.75) is 43.8 Å². The summed E-state index contributed by atoms with van der Waals surface area (Å²) in [7, 11) is 0. The van der Waals surface area contributed by atoms with Gasteiger partial charge >= 0.3 is 0 Å². The molecule has 4 nitrogen and oxygen atoms in total. The highest BCUT2D eigenvalue weighted by Crippen LogP contribution is 2.43. The van der Waals surface area contributed by atoms with E-state index in [1.54, 1.807) is 0 Å².